The number of halogens is 1. The van der Waals surface area contributed by atoms with Crippen LogP contribution in [-0.2, 0) is 0 Å². The number of hydrogen-bond acceptors (Lipinski definition) is 5. The van der Waals surface area contributed by atoms with Gasteiger partial charge in [0.1, 0.15) is 5.03 Å². The molecular formula is C8H14ClN3O4. The molecular weight excluding hydrogens is 238 g/mol. The normalized spacial score (nSPS) is 11.8. The largest absolute Gasteiger partial charge is 0.403 e. The van der Waals surface area contributed by atoms with Crippen LogP contribution in [0.1, 0.15) is 20.8 Å². The Balaban J connectivity index is 0. The maximum Gasteiger partial charge on any atom is 0.285 e. The second kappa shape index (κ2) is 8.66. The van der Waals surface area contributed by atoms with Crippen molar-refractivity contribution in [2.24, 2.45) is 5.73 Å². The zero-order valence-corrected chi connectivity index (χ0v) is 9.97. The molecule has 0 saturated carbocycles. The maximum absolute atomic E-state index is 10.1. The molecule has 2 N–H and O–H groups in total. The Morgan fingerprint density at radius 2 is 1.75 bits per heavy atom. The van der Waals surface area contributed by atoms with Crippen molar-refractivity contribution in [1.82, 2.24) is 0 Å². The summed E-state index contributed by atoms with van der Waals surface area (Å²) in [7, 11) is 0. The Kier molecular flexibility index (Phi) is 9.09. The molecule has 0 aromatic heterocycles. The highest BCUT2D eigenvalue weighted by molar-refractivity contribution is 6.31. The number of hydrogen-bond donors (Lipinski definition) is 1. The van der Waals surface area contributed by atoms with Crippen molar-refractivity contribution in [2.75, 3.05) is 0 Å². The van der Waals surface area contributed by atoms with E-state index in [1.54, 1.807) is 13.8 Å². The summed E-state index contributed by atoms with van der Waals surface area (Å²) in [6.45, 7) is 4.60. The van der Waals surface area contributed by atoms with Crippen LogP contribution in [0, 0.1) is 20.2 Å². The molecule has 0 aliphatic rings. The van der Waals surface area contributed by atoms with Gasteiger partial charge in [-0.3, -0.25) is 20.2 Å². The van der Waals surface area contributed by atoms with Crippen LogP contribution < -0.4 is 5.73 Å². The van der Waals surface area contributed by atoms with Gasteiger partial charge in [0.25, 0.3) is 5.70 Å². The van der Waals surface area contributed by atoms with Crippen molar-refractivity contribution >= 4 is 11.6 Å². The fourth-order valence-electron chi connectivity index (χ4n) is 0.416. The fourth-order valence-corrected chi connectivity index (χ4v) is 0.594. The van der Waals surface area contributed by atoms with Crippen LogP contribution >= 0.6 is 11.6 Å². The lowest BCUT2D eigenvalue weighted by molar-refractivity contribution is -0.513. The predicted molar refractivity (Wildman–Crippen MR) is 61.0 cm³/mol. The molecule has 0 fully saturated rings. The van der Waals surface area contributed by atoms with Crippen molar-refractivity contribution in [1.29, 1.82) is 0 Å². The van der Waals surface area contributed by atoms with Crippen molar-refractivity contribution < 1.29 is 9.85 Å². The molecule has 92 valence electrons. The zero-order valence-electron chi connectivity index (χ0n) is 9.21. The quantitative estimate of drug-likeness (QED) is 0.467. The van der Waals surface area contributed by atoms with E-state index in [2.05, 4.69) is 0 Å². The summed E-state index contributed by atoms with van der Waals surface area (Å²) >= 11 is 5.35. The summed E-state index contributed by atoms with van der Waals surface area (Å²) in [5.41, 5.74) is 4.77. The molecule has 0 aromatic rings. The Morgan fingerprint density at radius 1 is 1.38 bits per heavy atom. The van der Waals surface area contributed by atoms with E-state index in [4.69, 9.17) is 17.3 Å². The number of rotatable bonds is 3. The van der Waals surface area contributed by atoms with Crippen molar-refractivity contribution in [3.63, 3.8) is 0 Å². The van der Waals surface area contributed by atoms with Gasteiger partial charge < -0.3 is 5.73 Å². The van der Waals surface area contributed by atoms with Gasteiger partial charge in [-0.1, -0.05) is 11.6 Å². The molecule has 0 saturated heterocycles. The number of nitrogens with zero attached hydrogens (tertiary/aromatic N) is 2. The minimum Gasteiger partial charge on any atom is -0.403 e. The molecule has 0 amide bonds. The third kappa shape index (κ3) is 7.74. The fraction of sp³-hybridized carbons (Fsp3) is 0.500. The topological polar surface area (TPSA) is 112 Å². The average molecular weight is 252 g/mol. The molecule has 0 atom stereocenters. The first-order valence-electron chi connectivity index (χ1n) is 4.29. The summed E-state index contributed by atoms with van der Waals surface area (Å²) in [6.07, 6.45) is 2.27. The Morgan fingerprint density at radius 3 is 1.81 bits per heavy atom. The molecule has 8 heteroatoms. The van der Waals surface area contributed by atoms with Crippen molar-refractivity contribution in [2.45, 2.75) is 26.8 Å². The molecule has 0 aromatic carbocycles. The average Bonchev–Trinajstić information content (AvgIpc) is 2.18. The first-order valence-corrected chi connectivity index (χ1v) is 4.67. The summed E-state index contributed by atoms with van der Waals surface area (Å²) < 4.78 is 0. The van der Waals surface area contributed by atoms with Crippen LogP contribution in [-0.4, -0.2) is 15.9 Å². The van der Waals surface area contributed by atoms with Gasteiger partial charge in [0.2, 0.25) is 6.04 Å². The van der Waals surface area contributed by atoms with Gasteiger partial charge in [-0.25, -0.2) is 0 Å². The van der Waals surface area contributed by atoms with Gasteiger partial charge in [-0.2, -0.15) is 0 Å². The summed E-state index contributed by atoms with van der Waals surface area (Å²) in [5, 5.41) is 19.5. The van der Waals surface area contributed by atoms with Gasteiger partial charge in [0, 0.05) is 25.0 Å². The van der Waals surface area contributed by atoms with Crippen LogP contribution in [0.15, 0.2) is 23.0 Å². The third-order valence-corrected chi connectivity index (χ3v) is 1.60. The van der Waals surface area contributed by atoms with Gasteiger partial charge in [0.05, 0.1) is 4.92 Å². The summed E-state index contributed by atoms with van der Waals surface area (Å²) in [6, 6.07) is -0.426. The van der Waals surface area contributed by atoms with Gasteiger partial charge >= 0.3 is 0 Å². The molecule has 7 nitrogen and oxygen atoms in total. The zero-order chi connectivity index (χ0) is 13.3. The van der Waals surface area contributed by atoms with Crippen LogP contribution in [0.4, 0.5) is 0 Å². The van der Waals surface area contributed by atoms with Crippen LogP contribution in [0.5, 0.6) is 0 Å². The van der Waals surface area contributed by atoms with Gasteiger partial charge in [-0.15, -0.1) is 0 Å². The van der Waals surface area contributed by atoms with E-state index in [0.717, 1.165) is 6.20 Å². The minimum absolute atomic E-state index is 0.0486. The van der Waals surface area contributed by atoms with Crippen molar-refractivity contribution in [3.8, 4) is 0 Å². The smallest absolute Gasteiger partial charge is 0.285 e. The molecule has 0 aliphatic heterocycles. The highest BCUT2D eigenvalue weighted by Gasteiger charge is 2.12. The highest BCUT2D eigenvalue weighted by Crippen LogP contribution is 2.12. The molecule has 0 aliphatic carbocycles. The Labute approximate surface area is 97.9 Å². The molecule has 0 radical (unpaired) electrons. The van der Waals surface area contributed by atoms with E-state index in [9.17, 15) is 20.2 Å². The Bertz CT molecular complexity index is 312. The van der Waals surface area contributed by atoms with Crippen LogP contribution in [0.2, 0.25) is 0 Å². The molecule has 16 heavy (non-hydrogen) atoms. The van der Waals surface area contributed by atoms with Gasteiger partial charge in [0.15, 0.2) is 0 Å². The predicted octanol–water partition coefficient (Wildman–Crippen LogP) is 1.88. The van der Waals surface area contributed by atoms with E-state index in [-0.39, 0.29) is 15.7 Å². The van der Waals surface area contributed by atoms with E-state index in [1.807, 2.05) is 0 Å². The SMILES string of the molecule is C/C=C(\C(Cl)=C/N)[N+](=O)[O-].CC(C)[N+](=O)[O-]. The van der Waals surface area contributed by atoms with E-state index in [1.165, 1.54) is 13.0 Å². The highest BCUT2D eigenvalue weighted by atomic mass is 35.5. The lowest BCUT2D eigenvalue weighted by Crippen LogP contribution is -2.08. The summed E-state index contributed by atoms with van der Waals surface area (Å²) in [4.78, 5) is 18.7. The molecule has 0 heterocycles. The number of allylic oxidation sites excluding steroid dienone is 2. The first kappa shape index (κ1) is 16.8. The summed E-state index contributed by atoms with van der Waals surface area (Å²) in [5.74, 6) is 0. The molecule has 0 rings (SSSR count). The van der Waals surface area contributed by atoms with Crippen LogP contribution in [0.25, 0.3) is 0 Å². The minimum atomic E-state index is -0.592. The first-order chi connectivity index (χ1) is 7.27. The van der Waals surface area contributed by atoms with Crippen molar-refractivity contribution in [3.05, 3.63) is 43.2 Å². The second-order valence-electron chi connectivity index (χ2n) is 2.82. The number of nitro groups is 2. The maximum atomic E-state index is 10.1. The molecule has 0 spiro atoms. The van der Waals surface area contributed by atoms with Crippen LogP contribution in [0.3, 0.4) is 0 Å². The van der Waals surface area contributed by atoms with E-state index >= 15 is 0 Å². The monoisotopic (exact) mass is 251 g/mol. The third-order valence-electron chi connectivity index (χ3n) is 1.28. The Hall–Kier alpha value is -1.63. The standard InChI is InChI=1S/C5H7ClN2O2.C3H7NO2/c1-2-5(8(9)10)4(6)3-7;1-3(2)4(5)6/h2-3H,7H2,1H3;3H,1-2H3/b4-3+,5-2+;. The van der Waals surface area contributed by atoms with Gasteiger partial charge in [-0.05, 0) is 13.0 Å². The lowest BCUT2D eigenvalue weighted by atomic mass is 10.4. The van der Waals surface area contributed by atoms with E-state index < -0.39 is 11.0 Å². The van der Waals surface area contributed by atoms with E-state index in [0.29, 0.717) is 0 Å². The second-order valence-corrected chi connectivity index (χ2v) is 3.23. The number of nitrogens with two attached hydrogens (primary N) is 1. The molecule has 0 bridgehead atoms. The lowest BCUT2D eigenvalue weighted by Gasteiger charge is -1.91. The molecule has 0 unspecified atom stereocenters.